The summed E-state index contributed by atoms with van der Waals surface area (Å²) in [5.41, 5.74) is 0.748. The molecule has 3 aromatic rings. The molecule has 0 saturated heterocycles. The summed E-state index contributed by atoms with van der Waals surface area (Å²) in [5, 5.41) is 3.75. The largest absolute Gasteiger partial charge is 0.416 e. The lowest BCUT2D eigenvalue weighted by molar-refractivity contribution is -0.137. The standard InChI is InChI=1S/C19H17F3N4O/c20-19(21,22)12-5-7-13(8-6-12)23-18-25-16(11-3-1-2-4-11)14-9-10-15(27)24-17(14)26-18/h5-11H,1-4H2,(H2,23,24,25,26,27). The minimum Gasteiger partial charge on any atom is -0.324 e. The van der Waals surface area contributed by atoms with E-state index in [0.717, 1.165) is 48.9 Å². The minimum atomic E-state index is -4.38. The topological polar surface area (TPSA) is 70.7 Å². The number of benzene rings is 1. The SMILES string of the molecule is O=c1ccc2c(C3CCCC3)nc(Nc3ccc(C(F)(F)F)cc3)nc2[nH]1. The van der Waals surface area contributed by atoms with Gasteiger partial charge in [-0.2, -0.15) is 18.2 Å². The predicted molar refractivity (Wildman–Crippen MR) is 96.1 cm³/mol. The van der Waals surface area contributed by atoms with E-state index in [0.29, 0.717) is 11.3 Å². The van der Waals surface area contributed by atoms with Crippen LogP contribution >= 0.6 is 0 Å². The van der Waals surface area contributed by atoms with Crippen molar-refractivity contribution in [1.29, 1.82) is 0 Å². The molecule has 0 atom stereocenters. The van der Waals surface area contributed by atoms with Crippen molar-refractivity contribution in [3.8, 4) is 0 Å². The molecule has 2 N–H and O–H groups in total. The van der Waals surface area contributed by atoms with Crippen molar-refractivity contribution in [1.82, 2.24) is 15.0 Å². The Morgan fingerprint density at radius 1 is 1.00 bits per heavy atom. The molecule has 0 radical (unpaired) electrons. The van der Waals surface area contributed by atoms with Crippen LogP contribution in [0.15, 0.2) is 41.2 Å². The van der Waals surface area contributed by atoms with E-state index in [2.05, 4.69) is 20.3 Å². The second-order valence-corrected chi connectivity index (χ2v) is 6.70. The van der Waals surface area contributed by atoms with Gasteiger partial charge >= 0.3 is 6.18 Å². The Kier molecular flexibility index (Phi) is 4.33. The molecule has 1 saturated carbocycles. The van der Waals surface area contributed by atoms with E-state index in [1.165, 1.54) is 18.2 Å². The number of hydrogen-bond donors (Lipinski definition) is 2. The first-order chi connectivity index (χ1) is 12.9. The Balaban J connectivity index is 1.72. The van der Waals surface area contributed by atoms with Gasteiger partial charge in [0.25, 0.3) is 0 Å². The van der Waals surface area contributed by atoms with Gasteiger partial charge in [-0.15, -0.1) is 0 Å². The molecular weight excluding hydrogens is 357 g/mol. The van der Waals surface area contributed by atoms with Gasteiger partial charge in [-0.25, -0.2) is 4.98 Å². The number of rotatable bonds is 3. The van der Waals surface area contributed by atoms with Crippen molar-refractivity contribution >= 4 is 22.7 Å². The highest BCUT2D eigenvalue weighted by molar-refractivity contribution is 5.79. The van der Waals surface area contributed by atoms with E-state index in [4.69, 9.17) is 0 Å². The Bertz CT molecular complexity index is 1020. The number of nitrogens with zero attached hydrogens (tertiary/aromatic N) is 2. The number of hydrogen-bond acceptors (Lipinski definition) is 4. The highest BCUT2D eigenvalue weighted by Crippen LogP contribution is 2.36. The van der Waals surface area contributed by atoms with Crippen LogP contribution in [0.5, 0.6) is 0 Å². The van der Waals surface area contributed by atoms with Gasteiger partial charge in [0.2, 0.25) is 11.5 Å². The molecule has 0 bridgehead atoms. The number of aromatic amines is 1. The zero-order valence-corrected chi connectivity index (χ0v) is 14.3. The predicted octanol–water partition coefficient (Wildman–Crippen LogP) is 4.74. The summed E-state index contributed by atoms with van der Waals surface area (Å²) >= 11 is 0. The fourth-order valence-corrected chi connectivity index (χ4v) is 3.50. The third-order valence-corrected chi connectivity index (χ3v) is 4.83. The van der Waals surface area contributed by atoms with Crippen LogP contribution in [-0.2, 0) is 6.18 Å². The molecule has 0 amide bonds. The normalized spacial score (nSPS) is 15.4. The monoisotopic (exact) mass is 374 g/mol. The van der Waals surface area contributed by atoms with E-state index >= 15 is 0 Å². The Labute approximate surface area is 152 Å². The summed E-state index contributed by atoms with van der Waals surface area (Å²) < 4.78 is 38.1. The quantitative estimate of drug-likeness (QED) is 0.695. The van der Waals surface area contributed by atoms with Crippen molar-refractivity contribution in [3.05, 3.63) is 58.0 Å². The van der Waals surface area contributed by atoms with Crippen LogP contribution in [0.25, 0.3) is 11.0 Å². The fourth-order valence-electron chi connectivity index (χ4n) is 3.50. The van der Waals surface area contributed by atoms with Crippen LogP contribution in [0.3, 0.4) is 0 Å². The molecule has 2 heterocycles. The Morgan fingerprint density at radius 3 is 2.37 bits per heavy atom. The first-order valence-corrected chi connectivity index (χ1v) is 8.75. The van der Waals surface area contributed by atoms with Crippen LogP contribution in [0, 0.1) is 0 Å². The second-order valence-electron chi connectivity index (χ2n) is 6.70. The zero-order valence-electron chi connectivity index (χ0n) is 14.3. The molecule has 0 spiro atoms. The van der Waals surface area contributed by atoms with Crippen LogP contribution in [0.1, 0.15) is 42.9 Å². The van der Waals surface area contributed by atoms with Gasteiger partial charge in [0.05, 0.1) is 11.3 Å². The molecular formula is C19H17F3N4O. The molecule has 1 aromatic carbocycles. The van der Waals surface area contributed by atoms with Crippen molar-refractivity contribution in [2.75, 3.05) is 5.32 Å². The molecule has 140 valence electrons. The van der Waals surface area contributed by atoms with E-state index in [-0.39, 0.29) is 17.4 Å². The molecule has 1 fully saturated rings. The van der Waals surface area contributed by atoms with Gasteiger partial charge in [0, 0.05) is 23.1 Å². The number of aromatic nitrogens is 3. The first-order valence-electron chi connectivity index (χ1n) is 8.75. The zero-order chi connectivity index (χ0) is 19.0. The maximum Gasteiger partial charge on any atom is 0.416 e. The lowest BCUT2D eigenvalue weighted by atomic mass is 10.0. The first kappa shape index (κ1) is 17.5. The number of H-pyrrole nitrogens is 1. The van der Waals surface area contributed by atoms with E-state index in [1.807, 2.05) is 0 Å². The lowest BCUT2D eigenvalue weighted by Gasteiger charge is -2.14. The summed E-state index contributed by atoms with van der Waals surface area (Å²) in [6.45, 7) is 0. The molecule has 1 aliphatic rings. The van der Waals surface area contributed by atoms with Gasteiger partial charge in [-0.05, 0) is 43.2 Å². The third kappa shape index (κ3) is 3.65. The Morgan fingerprint density at radius 2 is 1.70 bits per heavy atom. The molecule has 1 aliphatic carbocycles. The molecule has 2 aromatic heterocycles. The van der Waals surface area contributed by atoms with Gasteiger partial charge < -0.3 is 10.3 Å². The minimum absolute atomic E-state index is 0.256. The number of halogens is 3. The molecule has 27 heavy (non-hydrogen) atoms. The van der Waals surface area contributed by atoms with Crippen molar-refractivity contribution in [3.63, 3.8) is 0 Å². The summed E-state index contributed by atoms with van der Waals surface area (Å²) in [4.78, 5) is 23.3. The van der Waals surface area contributed by atoms with E-state index < -0.39 is 11.7 Å². The van der Waals surface area contributed by atoms with Gasteiger partial charge in [0.1, 0.15) is 5.65 Å². The Hall–Kier alpha value is -2.90. The number of pyridine rings is 1. The number of alkyl halides is 3. The molecule has 5 nitrogen and oxygen atoms in total. The smallest absolute Gasteiger partial charge is 0.324 e. The van der Waals surface area contributed by atoms with Crippen molar-refractivity contribution in [2.45, 2.75) is 37.8 Å². The number of fused-ring (bicyclic) bond motifs is 1. The van der Waals surface area contributed by atoms with Crippen LogP contribution < -0.4 is 10.9 Å². The fraction of sp³-hybridized carbons (Fsp3) is 0.316. The number of anilines is 2. The van der Waals surface area contributed by atoms with Crippen LogP contribution in [0.4, 0.5) is 24.8 Å². The average molecular weight is 374 g/mol. The lowest BCUT2D eigenvalue weighted by Crippen LogP contribution is -2.10. The van der Waals surface area contributed by atoms with Crippen molar-refractivity contribution < 1.29 is 13.2 Å². The van der Waals surface area contributed by atoms with Gasteiger partial charge in [-0.3, -0.25) is 4.79 Å². The number of nitrogens with one attached hydrogen (secondary N) is 2. The van der Waals surface area contributed by atoms with Crippen LogP contribution in [0.2, 0.25) is 0 Å². The second kappa shape index (κ2) is 6.68. The van der Waals surface area contributed by atoms with E-state index in [9.17, 15) is 18.0 Å². The summed E-state index contributed by atoms with van der Waals surface area (Å²) in [6.07, 6.45) is -0.0919. The average Bonchev–Trinajstić information content (AvgIpc) is 3.15. The molecule has 8 heteroatoms. The maximum atomic E-state index is 12.7. The maximum absolute atomic E-state index is 12.7. The van der Waals surface area contributed by atoms with Gasteiger partial charge in [0.15, 0.2) is 0 Å². The summed E-state index contributed by atoms with van der Waals surface area (Å²) in [5.74, 6) is 0.542. The summed E-state index contributed by atoms with van der Waals surface area (Å²) in [7, 11) is 0. The molecule has 4 rings (SSSR count). The van der Waals surface area contributed by atoms with Crippen LogP contribution in [-0.4, -0.2) is 15.0 Å². The van der Waals surface area contributed by atoms with E-state index in [1.54, 1.807) is 6.07 Å². The molecule has 0 aliphatic heterocycles. The summed E-state index contributed by atoms with van der Waals surface area (Å²) in [6, 6.07) is 7.85. The highest BCUT2D eigenvalue weighted by Gasteiger charge is 2.30. The molecule has 0 unspecified atom stereocenters. The van der Waals surface area contributed by atoms with Gasteiger partial charge in [-0.1, -0.05) is 12.8 Å². The van der Waals surface area contributed by atoms with Crippen molar-refractivity contribution in [2.24, 2.45) is 0 Å². The third-order valence-electron chi connectivity index (χ3n) is 4.83. The highest BCUT2D eigenvalue weighted by atomic mass is 19.4.